The largest absolute Gasteiger partial charge is 0.480 e. The van der Waals surface area contributed by atoms with E-state index in [0.29, 0.717) is 5.56 Å². The predicted molar refractivity (Wildman–Crippen MR) is 64.8 cm³/mol. The lowest BCUT2D eigenvalue weighted by Gasteiger charge is -2.17. The summed E-state index contributed by atoms with van der Waals surface area (Å²) in [6.45, 7) is -0.250. The van der Waals surface area contributed by atoms with E-state index in [0.717, 1.165) is 12.1 Å². The van der Waals surface area contributed by atoms with Crippen LogP contribution in [0.1, 0.15) is 5.56 Å². The number of carboxylic acids is 1. The smallest absolute Gasteiger partial charge is 0.317 e. The van der Waals surface area contributed by atoms with Gasteiger partial charge in [-0.15, -0.1) is 6.42 Å². The summed E-state index contributed by atoms with van der Waals surface area (Å²) in [4.78, 5) is 21.9. The molecule has 0 amide bonds. The van der Waals surface area contributed by atoms with E-state index < -0.39 is 16.7 Å². The van der Waals surface area contributed by atoms with Crippen molar-refractivity contribution in [1.29, 1.82) is 0 Å². The maximum atomic E-state index is 13.2. The molecular weight excluding hydrogens is 255 g/mol. The topological polar surface area (TPSA) is 83.7 Å². The molecule has 0 aliphatic rings. The Hall–Kier alpha value is -2.46. The Morgan fingerprint density at radius 2 is 2.21 bits per heavy atom. The minimum absolute atomic E-state index is 0.0229. The first kappa shape index (κ1) is 14.6. The standard InChI is InChI=1S/C12H11FN2O4/c1-2-3-14(8-12(16)17)7-9-4-10(13)6-11(5-9)15(18)19/h1,4-6H,3,7-8H2,(H,16,17). The normalized spacial score (nSPS) is 10.2. The highest BCUT2D eigenvalue weighted by atomic mass is 19.1. The fourth-order valence-corrected chi connectivity index (χ4v) is 1.58. The number of nitro benzene ring substituents is 1. The molecule has 1 N–H and O–H groups in total. The van der Waals surface area contributed by atoms with Crippen LogP contribution in [0, 0.1) is 28.3 Å². The van der Waals surface area contributed by atoms with E-state index in [1.54, 1.807) is 0 Å². The number of hydrogen-bond acceptors (Lipinski definition) is 4. The van der Waals surface area contributed by atoms with Crippen molar-refractivity contribution in [3.8, 4) is 12.3 Å². The molecule has 0 fully saturated rings. The van der Waals surface area contributed by atoms with Crippen LogP contribution in [-0.2, 0) is 11.3 Å². The lowest BCUT2D eigenvalue weighted by atomic mass is 10.2. The van der Waals surface area contributed by atoms with Crippen LogP contribution in [0.5, 0.6) is 0 Å². The van der Waals surface area contributed by atoms with Gasteiger partial charge in [-0.1, -0.05) is 5.92 Å². The van der Waals surface area contributed by atoms with E-state index in [1.807, 2.05) is 0 Å². The fourth-order valence-electron chi connectivity index (χ4n) is 1.58. The molecule has 0 unspecified atom stereocenters. The summed E-state index contributed by atoms with van der Waals surface area (Å²) in [5.41, 5.74) is -0.0887. The van der Waals surface area contributed by atoms with Crippen molar-refractivity contribution in [2.24, 2.45) is 0 Å². The van der Waals surface area contributed by atoms with E-state index in [4.69, 9.17) is 11.5 Å². The quantitative estimate of drug-likeness (QED) is 0.476. The van der Waals surface area contributed by atoms with Crippen molar-refractivity contribution in [1.82, 2.24) is 4.90 Å². The third-order valence-electron chi connectivity index (χ3n) is 2.23. The molecule has 6 nitrogen and oxygen atoms in total. The van der Waals surface area contributed by atoms with E-state index in [-0.39, 0.29) is 25.3 Å². The van der Waals surface area contributed by atoms with Crippen molar-refractivity contribution < 1.29 is 19.2 Å². The molecule has 0 heterocycles. The molecule has 1 aromatic carbocycles. The first-order chi connectivity index (χ1) is 8.92. The van der Waals surface area contributed by atoms with Crippen LogP contribution < -0.4 is 0 Å². The van der Waals surface area contributed by atoms with Crippen LogP contribution in [0.25, 0.3) is 0 Å². The van der Waals surface area contributed by atoms with Gasteiger partial charge in [-0.25, -0.2) is 4.39 Å². The molecule has 0 atom stereocenters. The second-order valence-corrected chi connectivity index (χ2v) is 3.82. The summed E-state index contributed by atoms with van der Waals surface area (Å²) >= 11 is 0. The van der Waals surface area contributed by atoms with Crippen molar-refractivity contribution in [2.45, 2.75) is 6.54 Å². The van der Waals surface area contributed by atoms with Gasteiger partial charge in [-0.2, -0.15) is 0 Å². The zero-order valence-electron chi connectivity index (χ0n) is 9.88. The van der Waals surface area contributed by atoms with Crippen LogP contribution >= 0.6 is 0 Å². The monoisotopic (exact) mass is 266 g/mol. The van der Waals surface area contributed by atoms with Crippen LogP contribution in [0.2, 0.25) is 0 Å². The number of carbonyl (C=O) groups is 1. The van der Waals surface area contributed by atoms with Gasteiger partial charge in [-0.05, 0) is 11.6 Å². The molecule has 0 saturated heterocycles. The number of hydrogen-bond donors (Lipinski definition) is 1. The Labute approximate surface area is 108 Å². The summed E-state index contributed by atoms with van der Waals surface area (Å²) < 4.78 is 13.2. The molecule has 1 rings (SSSR count). The van der Waals surface area contributed by atoms with Gasteiger partial charge in [0.1, 0.15) is 5.82 Å². The molecule has 19 heavy (non-hydrogen) atoms. The summed E-state index contributed by atoms with van der Waals surface area (Å²) in [7, 11) is 0. The van der Waals surface area contributed by atoms with Crippen LogP contribution in [-0.4, -0.2) is 34.0 Å². The summed E-state index contributed by atoms with van der Waals surface area (Å²) in [6, 6.07) is 3.10. The predicted octanol–water partition coefficient (Wildman–Crippen LogP) is 1.25. The number of carboxylic acid groups (broad SMARTS) is 1. The number of benzene rings is 1. The first-order valence-electron chi connectivity index (χ1n) is 5.24. The van der Waals surface area contributed by atoms with Gasteiger partial charge < -0.3 is 5.11 Å². The lowest BCUT2D eigenvalue weighted by molar-refractivity contribution is -0.385. The zero-order valence-corrected chi connectivity index (χ0v) is 9.88. The maximum absolute atomic E-state index is 13.2. The van der Waals surface area contributed by atoms with Gasteiger partial charge in [-0.3, -0.25) is 19.8 Å². The van der Waals surface area contributed by atoms with E-state index in [2.05, 4.69) is 5.92 Å². The first-order valence-corrected chi connectivity index (χ1v) is 5.24. The molecule has 100 valence electrons. The van der Waals surface area contributed by atoms with E-state index in [1.165, 1.54) is 11.0 Å². The number of nitro groups is 1. The maximum Gasteiger partial charge on any atom is 0.317 e. The molecular formula is C12H11FN2O4. The molecule has 7 heteroatoms. The Morgan fingerprint density at radius 1 is 1.53 bits per heavy atom. The molecule has 0 aliphatic heterocycles. The van der Waals surface area contributed by atoms with Gasteiger partial charge in [0.15, 0.2) is 0 Å². The van der Waals surface area contributed by atoms with Gasteiger partial charge in [0, 0.05) is 12.6 Å². The Morgan fingerprint density at radius 3 is 2.74 bits per heavy atom. The number of non-ortho nitro benzene ring substituents is 1. The van der Waals surface area contributed by atoms with E-state index >= 15 is 0 Å². The number of terminal acetylenes is 1. The SMILES string of the molecule is C#CCN(CC(=O)O)Cc1cc(F)cc([N+](=O)[O-])c1. The average molecular weight is 266 g/mol. The Kier molecular flexibility index (Phi) is 4.97. The molecule has 0 spiro atoms. The summed E-state index contributed by atoms with van der Waals surface area (Å²) in [5.74, 6) is 0.448. The third-order valence-corrected chi connectivity index (χ3v) is 2.23. The molecule has 0 bridgehead atoms. The van der Waals surface area contributed by atoms with E-state index in [9.17, 15) is 19.3 Å². The minimum Gasteiger partial charge on any atom is -0.480 e. The number of halogens is 1. The second kappa shape index (κ2) is 6.47. The zero-order chi connectivity index (χ0) is 14.4. The van der Waals surface area contributed by atoms with Gasteiger partial charge >= 0.3 is 5.97 Å². The van der Waals surface area contributed by atoms with Crippen LogP contribution in [0.4, 0.5) is 10.1 Å². The highest BCUT2D eigenvalue weighted by molar-refractivity contribution is 5.69. The number of rotatable bonds is 6. The highest BCUT2D eigenvalue weighted by Gasteiger charge is 2.14. The molecule has 0 saturated carbocycles. The molecule has 1 aromatic rings. The number of nitrogens with zero attached hydrogens (tertiary/aromatic N) is 2. The highest BCUT2D eigenvalue weighted by Crippen LogP contribution is 2.17. The Bertz CT molecular complexity index is 539. The van der Waals surface area contributed by atoms with Crippen LogP contribution in [0.15, 0.2) is 18.2 Å². The van der Waals surface area contributed by atoms with Gasteiger partial charge in [0.2, 0.25) is 0 Å². The second-order valence-electron chi connectivity index (χ2n) is 3.82. The lowest BCUT2D eigenvalue weighted by Crippen LogP contribution is -2.29. The minimum atomic E-state index is -1.08. The third kappa shape index (κ3) is 4.73. The fraction of sp³-hybridized carbons (Fsp3) is 0.250. The molecule has 0 aliphatic carbocycles. The summed E-state index contributed by atoms with van der Waals surface area (Å²) in [6.07, 6.45) is 5.10. The molecule has 0 radical (unpaired) electrons. The van der Waals surface area contributed by atoms with Crippen LogP contribution in [0.3, 0.4) is 0 Å². The van der Waals surface area contributed by atoms with Gasteiger partial charge in [0.05, 0.1) is 24.1 Å². The van der Waals surface area contributed by atoms with Crippen molar-refractivity contribution in [3.63, 3.8) is 0 Å². The Balaban J connectivity index is 2.92. The van der Waals surface area contributed by atoms with Crippen molar-refractivity contribution in [3.05, 3.63) is 39.7 Å². The van der Waals surface area contributed by atoms with Crippen molar-refractivity contribution >= 4 is 11.7 Å². The number of aliphatic carboxylic acids is 1. The summed E-state index contributed by atoms with van der Waals surface area (Å²) in [5, 5.41) is 19.3. The van der Waals surface area contributed by atoms with Crippen molar-refractivity contribution in [2.75, 3.05) is 13.1 Å². The van der Waals surface area contributed by atoms with Gasteiger partial charge in [0.25, 0.3) is 5.69 Å². The molecule has 0 aromatic heterocycles. The average Bonchev–Trinajstić information content (AvgIpc) is 2.27.